The van der Waals surface area contributed by atoms with Gasteiger partial charge in [-0.2, -0.15) is 5.26 Å². The first-order chi connectivity index (χ1) is 6.31. The Bertz CT molecular complexity index is 481. The first-order valence-electron chi connectivity index (χ1n) is 3.85. The molecule has 13 heavy (non-hydrogen) atoms. The summed E-state index contributed by atoms with van der Waals surface area (Å²) in [6, 6.07) is 10.3. The molecule has 0 unspecified atom stereocenters. The molecular formula is C10H6BrNS. The van der Waals surface area contributed by atoms with Crippen molar-refractivity contribution < 1.29 is 0 Å². The van der Waals surface area contributed by atoms with E-state index in [0.717, 1.165) is 9.35 Å². The lowest BCUT2D eigenvalue weighted by atomic mass is 10.1. The van der Waals surface area contributed by atoms with Crippen molar-refractivity contribution in [1.29, 1.82) is 5.26 Å². The van der Waals surface area contributed by atoms with Gasteiger partial charge in [0, 0.05) is 4.70 Å². The molecule has 1 aromatic carbocycles. The molecular weight excluding hydrogens is 246 g/mol. The van der Waals surface area contributed by atoms with Gasteiger partial charge in [0.15, 0.2) is 0 Å². The molecule has 1 aromatic heterocycles. The smallest absolute Gasteiger partial charge is 0.0711 e. The maximum Gasteiger partial charge on any atom is 0.0711 e. The van der Waals surface area contributed by atoms with Crippen molar-refractivity contribution in [3.8, 4) is 6.07 Å². The highest BCUT2D eigenvalue weighted by Crippen LogP contribution is 2.31. The normalized spacial score (nSPS) is 10.2. The maximum atomic E-state index is 8.63. The van der Waals surface area contributed by atoms with E-state index in [-0.39, 0.29) is 0 Å². The van der Waals surface area contributed by atoms with Crippen LogP contribution in [0.15, 0.2) is 28.1 Å². The number of fused-ring (bicyclic) bond motifs is 1. The summed E-state index contributed by atoms with van der Waals surface area (Å²) in [5.41, 5.74) is 1.11. The van der Waals surface area contributed by atoms with E-state index in [1.165, 1.54) is 10.1 Å². The van der Waals surface area contributed by atoms with Crippen LogP contribution in [0.3, 0.4) is 0 Å². The third-order valence-electron chi connectivity index (χ3n) is 1.89. The lowest BCUT2D eigenvalue weighted by Gasteiger charge is -1.95. The van der Waals surface area contributed by atoms with E-state index in [1.807, 2.05) is 12.1 Å². The number of benzene rings is 1. The summed E-state index contributed by atoms with van der Waals surface area (Å²) < 4.78 is 2.35. The van der Waals surface area contributed by atoms with Crippen molar-refractivity contribution in [1.82, 2.24) is 0 Å². The highest BCUT2D eigenvalue weighted by Gasteiger charge is 2.03. The topological polar surface area (TPSA) is 23.8 Å². The Balaban J connectivity index is 2.69. The van der Waals surface area contributed by atoms with Gasteiger partial charge in [0.2, 0.25) is 0 Å². The largest absolute Gasteiger partial charge is 0.198 e. The molecule has 2 aromatic rings. The van der Waals surface area contributed by atoms with Crippen molar-refractivity contribution in [2.24, 2.45) is 0 Å². The minimum Gasteiger partial charge on any atom is -0.198 e. The summed E-state index contributed by atoms with van der Waals surface area (Å²) in [5.74, 6) is 0. The Morgan fingerprint density at radius 3 is 3.08 bits per heavy atom. The third kappa shape index (κ3) is 1.60. The molecule has 0 amide bonds. The van der Waals surface area contributed by atoms with Crippen molar-refractivity contribution in [2.45, 2.75) is 6.42 Å². The fourth-order valence-electron chi connectivity index (χ4n) is 1.33. The minimum absolute atomic E-state index is 0.487. The molecule has 3 heteroatoms. The average molecular weight is 252 g/mol. The van der Waals surface area contributed by atoms with E-state index in [2.05, 4.69) is 34.1 Å². The molecule has 0 aliphatic carbocycles. The predicted molar refractivity (Wildman–Crippen MR) is 58.8 cm³/mol. The Kier molecular flexibility index (Phi) is 2.34. The summed E-state index contributed by atoms with van der Waals surface area (Å²) in [6.45, 7) is 0. The van der Waals surface area contributed by atoms with Gasteiger partial charge in [-0.1, -0.05) is 12.1 Å². The Morgan fingerprint density at radius 2 is 2.31 bits per heavy atom. The van der Waals surface area contributed by atoms with Gasteiger partial charge in [0.1, 0.15) is 0 Å². The molecule has 0 fully saturated rings. The summed E-state index contributed by atoms with van der Waals surface area (Å²) in [5, 5.41) is 9.82. The second-order valence-corrected chi connectivity index (χ2v) is 5.18. The van der Waals surface area contributed by atoms with Crippen LogP contribution in [0, 0.1) is 11.3 Å². The molecule has 0 bridgehead atoms. The minimum atomic E-state index is 0.487. The molecule has 64 valence electrons. The SMILES string of the molecule is N#CCc1cccc2sc(Br)cc12. The van der Waals surface area contributed by atoms with Crippen molar-refractivity contribution in [3.63, 3.8) is 0 Å². The molecule has 0 saturated carbocycles. The summed E-state index contributed by atoms with van der Waals surface area (Å²) >= 11 is 5.14. The van der Waals surface area contributed by atoms with Crippen LogP contribution in [0.1, 0.15) is 5.56 Å². The van der Waals surface area contributed by atoms with Gasteiger partial charge in [-0.25, -0.2) is 0 Å². The zero-order valence-corrected chi connectivity index (χ0v) is 9.15. The molecule has 0 aliphatic heterocycles. The lowest BCUT2D eigenvalue weighted by Crippen LogP contribution is -1.80. The molecule has 0 spiro atoms. The van der Waals surface area contributed by atoms with Crippen molar-refractivity contribution in [3.05, 3.63) is 33.6 Å². The number of halogens is 1. The van der Waals surface area contributed by atoms with Crippen LogP contribution in [-0.4, -0.2) is 0 Å². The Morgan fingerprint density at radius 1 is 1.46 bits per heavy atom. The lowest BCUT2D eigenvalue weighted by molar-refractivity contribution is 1.29. The summed E-state index contributed by atoms with van der Waals surface area (Å²) in [7, 11) is 0. The summed E-state index contributed by atoms with van der Waals surface area (Å²) in [6.07, 6.45) is 0.487. The van der Waals surface area contributed by atoms with Gasteiger partial charge in [-0.15, -0.1) is 11.3 Å². The van der Waals surface area contributed by atoms with E-state index in [9.17, 15) is 0 Å². The zero-order chi connectivity index (χ0) is 9.26. The summed E-state index contributed by atoms with van der Waals surface area (Å²) in [4.78, 5) is 0. The number of nitriles is 1. The molecule has 0 aliphatic rings. The standard InChI is InChI=1S/C10H6BrNS/c11-10-6-8-7(4-5-12)2-1-3-9(8)13-10/h1-3,6H,4H2. The van der Waals surface area contributed by atoms with E-state index in [0.29, 0.717) is 6.42 Å². The number of rotatable bonds is 1. The monoisotopic (exact) mass is 251 g/mol. The van der Waals surface area contributed by atoms with Crippen molar-refractivity contribution >= 4 is 37.4 Å². The highest BCUT2D eigenvalue weighted by molar-refractivity contribution is 9.11. The second kappa shape index (κ2) is 3.49. The molecule has 0 N–H and O–H groups in total. The van der Waals surface area contributed by atoms with Gasteiger partial charge in [-0.05, 0) is 39.0 Å². The molecule has 1 nitrogen and oxygen atoms in total. The van der Waals surface area contributed by atoms with E-state index < -0.39 is 0 Å². The van der Waals surface area contributed by atoms with Crippen LogP contribution in [-0.2, 0) is 6.42 Å². The van der Waals surface area contributed by atoms with Crippen LogP contribution in [0.4, 0.5) is 0 Å². The Hall–Kier alpha value is -0.850. The number of hydrogen-bond donors (Lipinski definition) is 0. The molecule has 0 radical (unpaired) electrons. The van der Waals surface area contributed by atoms with Gasteiger partial charge in [-0.3, -0.25) is 0 Å². The van der Waals surface area contributed by atoms with Crippen LogP contribution >= 0.6 is 27.3 Å². The predicted octanol–water partition coefficient (Wildman–Crippen LogP) is 3.73. The first kappa shape index (κ1) is 8.74. The quantitative estimate of drug-likeness (QED) is 0.758. The number of hydrogen-bond acceptors (Lipinski definition) is 2. The zero-order valence-electron chi connectivity index (χ0n) is 6.75. The van der Waals surface area contributed by atoms with Crippen LogP contribution in [0.5, 0.6) is 0 Å². The van der Waals surface area contributed by atoms with Gasteiger partial charge in [0.25, 0.3) is 0 Å². The van der Waals surface area contributed by atoms with Crippen LogP contribution in [0.2, 0.25) is 0 Å². The van der Waals surface area contributed by atoms with E-state index in [1.54, 1.807) is 11.3 Å². The number of nitrogens with zero attached hydrogens (tertiary/aromatic N) is 1. The van der Waals surface area contributed by atoms with Gasteiger partial charge < -0.3 is 0 Å². The maximum absolute atomic E-state index is 8.63. The number of thiophene rings is 1. The third-order valence-corrected chi connectivity index (χ3v) is 3.49. The van der Waals surface area contributed by atoms with Gasteiger partial charge >= 0.3 is 0 Å². The van der Waals surface area contributed by atoms with Gasteiger partial charge in [0.05, 0.1) is 16.3 Å². The second-order valence-electron chi connectivity index (χ2n) is 2.71. The fourth-order valence-corrected chi connectivity index (χ4v) is 2.92. The highest BCUT2D eigenvalue weighted by atomic mass is 79.9. The average Bonchev–Trinajstić information content (AvgIpc) is 2.47. The fraction of sp³-hybridized carbons (Fsp3) is 0.100. The Labute approximate surface area is 88.7 Å². The van der Waals surface area contributed by atoms with E-state index in [4.69, 9.17) is 5.26 Å². The van der Waals surface area contributed by atoms with Crippen LogP contribution < -0.4 is 0 Å². The van der Waals surface area contributed by atoms with Crippen molar-refractivity contribution in [2.75, 3.05) is 0 Å². The first-order valence-corrected chi connectivity index (χ1v) is 5.46. The molecule has 2 rings (SSSR count). The van der Waals surface area contributed by atoms with E-state index >= 15 is 0 Å². The molecule has 0 atom stereocenters. The molecule has 1 heterocycles. The van der Waals surface area contributed by atoms with Crippen LogP contribution in [0.25, 0.3) is 10.1 Å². The molecule has 0 saturated heterocycles.